The van der Waals surface area contributed by atoms with Crippen molar-refractivity contribution in [3.05, 3.63) is 23.9 Å². The monoisotopic (exact) mass is 344 g/mol. The fraction of sp³-hybridized carbons (Fsp3) is 0.556. The number of aromatic nitrogens is 1. The molecule has 3 amide bonds. The Hall–Kier alpha value is -2.44. The molecule has 2 saturated heterocycles. The number of nitrogens with zero attached hydrogens (tertiary/aromatic N) is 2. The Balaban J connectivity index is 1.57. The van der Waals surface area contributed by atoms with E-state index in [2.05, 4.69) is 20.5 Å². The molecule has 1 unspecified atom stereocenters. The number of pyridine rings is 1. The first-order chi connectivity index (χ1) is 12.1. The van der Waals surface area contributed by atoms with Crippen LogP contribution in [0, 0.1) is 5.92 Å². The van der Waals surface area contributed by atoms with Gasteiger partial charge in [-0.15, -0.1) is 0 Å². The van der Waals surface area contributed by atoms with Crippen molar-refractivity contribution in [3.8, 4) is 0 Å². The lowest BCUT2D eigenvalue weighted by molar-refractivity contribution is -0.134. The van der Waals surface area contributed by atoms with E-state index in [0.717, 1.165) is 37.3 Å². The Morgan fingerprint density at radius 1 is 1.28 bits per heavy atom. The summed E-state index contributed by atoms with van der Waals surface area (Å²) in [5, 5.41) is 5.06. The number of hydrogen-bond acceptors (Lipinski definition) is 5. The molecule has 3 rings (SSSR count). The van der Waals surface area contributed by atoms with Gasteiger partial charge in [0, 0.05) is 39.2 Å². The van der Waals surface area contributed by atoms with Gasteiger partial charge in [0.2, 0.25) is 17.7 Å². The number of rotatable bonds is 4. The Kier molecular flexibility index (Phi) is 5.31. The van der Waals surface area contributed by atoms with Gasteiger partial charge in [-0.05, 0) is 36.8 Å². The van der Waals surface area contributed by atoms with Gasteiger partial charge in [-0.25, -0.2) is 4.98 Å². The fourth-order valence-electron chi connectivity index (χ4n) is 3.53. The van der Waals surface area contributed by atoms with Gasteiger partial charge in [-0.3, -0.25) is 19.7 Å². The van der Waals surface area contributed by atoms with E-state index in [0.29, 0.717) is 25.2 Å². The molecular formula is C18H24N4O3. The van der Waals surface area contributed by atoms with Gasteiger partial charge in [0.25, 0.3) is 0 Å². The average molecular weight is 344 g/mol. The highest BCUT2D eigenvalue weighted by Gasteiger charge is 2.28. The normalized spacial score (nSPS) is 21.8. The summed E-state index contributed by atoms with van der Waals surface area (Å²) in [7, 11) is 1.67. The van der Waals surface area contributed by atoms with E-state index in [-0.39, 0.29) is 23.6 Å². The van der Waals surface area contributed by atoms with Crippen LogP contribution >= 0.6 is 0 Å². The molecule has 0 aliphatic carbocycles. The van der Waals surface area contributed by atoms with Crippen molar-refractivity contribution in [1.82, 2.24) is 15.6 Å². The summed E-state index contributed by atoms with van der Waals surface area (Å²) < 4.78 is 0. The van der Waals surface area contributed by atoms with Crippen LogP contribution < -0.4 is 15.5 Å². The van der Waals surface area contributed by atoms with Gasteiger partial charge in [-0.2, -0.15) is 0 Å². The van der Waals surface area contributed by atoms with Crippen LogP contribution in [0.25, 0.3) is 0 Å². The molecule has 7 nitrogen and oxygen atoms in total. The Morgan fingerprint density at radius 3 is 2.64 bits per heavy atom. The second-order valence-corrected chi connectivity index (χ2v) is 6.76. The fourth-order valence-corrected chi connectivity index (χ4v) is 3.53. The minimum atomic E-state index is -0.294. The zero-order chi connectivity index (χ0) is 17.8. The van der Waals surface area contributed by atoms with E-state index in [1.165, 1.54) is 0 Å². The summed E-state index contributed by atoms with van der Waals surface area (Å²) >= 11 is 0. The lowest BCUT2D eigenvalue weighted by Crippen LogP contribution is -2.39. The third kappa shape index (κ3) is 4.15. The molecule has 134 valence electrons. The molecule has 0 bridgehead atoms. The molecular weight excluding hydrogens is 320 g/mol. The van der Waals surface area contributed by atoms with Crippen molar-refractivity contribution < 1.29 is 14.4 Å². The van der Waals surface area contributed by atoms with Crippen LogP contribution in [0.4, 0.5) is 5.82 Å². The van der Waals surface area contributed by atoms with Crippen LogP contribution in [0.1, 0.15) is 43.6 Å². The third-order valence-electron chi connectivity index (χ3n) is 5.10. The number of amides is 3. The summed E-state index contributed by atoms with van der Waals surface area (Å²) in [6, 6.07) is 3.87. The van der Waals surface area contributed by atoms with Crippen LogP contribution in [0.2, 0.25) is 0 Å². The molecule has 2 N–H and O–H groups in total. The standard InChI is InChI=1S/C18H24N4O3/c1-19-17(24)10-12-6-8-22(9-7-12)15-4-2-13(11-20-15)14-3-5-16(23)21-18(14)25/h2,4,11-12,14H,3,5-10H2,1H3,(H,19,24)(H,21,23,25). The van der Waals surface area contributed by atoms with Crippen molar-refractivity contribution in [3.63, 3.8) is 0 Å². The summed E-state index contributed by atoms with van der Waals surface area (Å²) in [6.07, 6.45) is 5.19. The molecule has 7 heteroatoms. The molecule has 3 heterocycles. The largest absolute Gasteiger partial charge is 0.359 e. The van der Waals surface area contributed by atoms with Crippen LogP contribution in [-0.2, 0) is 14.4 Å². The highest BCUT2D eigenvalue weighted by atomic mass is 16.2. The number of carbonyl (C=O) groups excluding carboxylic acids is 3. The van der Waals surface area contributed by atoms with Crippen molar-refractivity contribution in [2.75, 3.05) is 25.0 Å². The average Bonchev–Trinajstić information content (AvgIpc) is 2.62. The first kappa shape index (κ1) is 17.4. The maximum absolute atomic E-state index is 11.9. The molecule has 2 aliphatic heterocycles. The van der Waals surface area contributed by atoms with Gasteiger partial charge in [0.15, 0.2) is 0 Å². The summed E-state index contributed by atoms with van der Waals surface area (Å²) in [6.45, 7) is 1.76. The number of imide groups is 1. The van der Waals surface area contributed by atoms with Crippen LogP contribution in [0.5, 0.6) is 0 Å². The second kappa shape index (κ2) is 7.63. The Bertz CT molecular complexity index is 651. The zero-order valence-electron chi connectivity index (χ0n) is 14.5. The van der Waals surface area contributed by atoms with E-state index in [1.54, 1.807) is 13.2 Å². The van der Waals surface area contributed by atoms with Gasteiger partial charge >= 0.3 is 0 Å². The molecule has 2 fully saturated rings. The third-order valence-corrected chi connectivity index (χ3v) is 5.10. The molecule has 0 saturated carbocycles. The van der Waals surface area contributed by atoms with Crippen LogP contribution in [0.3, 0.4) is 0 Å². The van der Waals surface area contributed by atoms with Crippen LogP contribution in [0.15, 0.2) is 18.3 Å². The maximum atomic E-state index is 11.9. The molecule has 0 aromatic carbocycles. The number of piperidine rings is 2. The molecule has 1 aromatic heterocycles. The van der Waals surface area contributed by atoms with E-state index >= 15 is 0 Å². The molecule has 0 spiro atoms. The summed E-state index contributed by atoms with van der Waals surface area (Å²) in [5.41, 5.74) is 0.850. The first-order valence-electron chi connectivity index (χ1n) is 8.82. The molecule has 1 atom stereocenters. The molecule has 0 radical (unpaired) electrons. The highest BCUT2D eigenvalue weighted by Crippen LogP contribution is 2.27. The van der Waals surface area contributed by atoms with Crippen molar-refractivity contribution in [2.45, 2.75) is 38.0 Å². The number of hydrogen-bond donors (Lipinski definition) is 2. The van der Waals surface area contributed by atoms with Crippen LogP contribution in [-0.4, -0.2) is 42.8 Å². The van der Waals surface area contributed by atoms with Crippen molar-refractivity contribution in [1.29, 1.82) is 0 Å². The minimum Gasteiger partial charge on any atom is -0.359 e. The number of carbonyl (C=O) groups is 3. The second-order valence-electron chi connectivity index (χ2n) is 6.76. The van der Waals surface area contributed by atoms with Gasteiger partial charge < -0.3 is 10.2 Å². The Labute approximate surface area is 147 Å². The van der Waals surface area contributed by atoms with Gasteiger partial charge in [-0.1, -0.05) is 6.07 Å². The quantitative estimate of drug-likeness (QED) is 0.794. The van der Waals surface area contributed by atoms with Crippen molar-refractivity contribution in [2.24, 2.45) is 5.92 Å². The lowest BCUT2D eigenvalue weighted by atomic mass is 9.91. The van der Waals surface area contributed by atoms with Gasteiger partial charge in [0.1, 0.15) is 5.82 Å². The first-order valence-corrected chi connectivity index (χ1v) is 8.82. The summed E-state index contributed by atoms with van der Waals surface area (Å²) in [5.74, 6) is 0.697. The SMILES string of the molecule is CNC(=O)CC1CCN(c2ccc(C3CCC(=O)NC3=O)cn2)CC1. The maximum Gasteiger partial charge on any atom is 0.234 e. The topological polar surface area (TPSA) is 91.4 Å². The predicted molar refractivity (Wildman–Crippen MR) is 93.0 cm³/mol. The smallest absolute Gasteiger partial charge is 0.234 e. The van der Waals surface area contributed by atoms with E-state index in [4.69, 9.17) is 0 Å². The van der Waals surface area contributed by atoms with E-state index in [1.807, 2.05) is 12.1 Å². The van der Waals surface area contributed by atoms with Gasteiger partial charge in [0.05, 0.1) is 5.92 Å². The van der Waals surface area contributed by atoms with E-state index in [9.17, 15) is 14.4 Å². The number of nitrogens with one attached hydrogen (secondary N) is 2. The Morgan fingerprint density at radius 2 is 2.04 bits per heavy atom. The summed E-state index contributed by atoms with van der Waals surface area (Å²) in [4.78, 5) is 41.4. The zero-order valence-corrected chi connectivity index (χ0v) is 14.5. The van der Waals surface area contributed by atoms with Crippen molar-refractivity contribution >= 4 is 23.5 Å². The molecule has 25 heavy (non-hydrogen) atoms. The lowest BCUT2D eigenvalue weighted by Gasteiger charge is -2.32. The minimum absolute atomic E-state index is 0.102. The highest BCUT2D eigenvalue weighted by molar-refractivity contribution is 6.00. The molecule has 2 aliphatic rings. The number of anilines is 1. The predicted octanol–water partition coefficient (Wildman–Crippen LogP) is 0.954. The molecule has 1 aromatic rings. The van der Waals surface area contributed by atoms with E-state index < -0.39 is 0 Å².